The first-order valence-corrected chi connectivity index (χ1v) is 15.3. The highest BCUT2D eigenvalue weighted by Gasteiger charge is 2.30. The van der Waals surface area contributed by atoms with E-state index in [1.165, 1.54) is 0 Å². The molecule has 2 N–H and O–H groups in total. The van der Waals surface area contributed by atoms with Gasteiger partial charge in [-0.25, -0.2) is 8.51 Å². The van der Waals surface area contributed by atoms with E-state index in [4.69, 9.17) is 0 Å². The van der Waals surface area contributed by atoms with Crippen LogP contribution in [-0.2, 0) is 24.1 Å². The number of piperidine rings is 2. The highest BCUT2D eigenvalue weighted by molar-refractivity contribution is 7.83. The van der Waals surface area contributed by atoms with Gasteiger partial charge in [-0.15, -0.1) is 0 Å². The predicted molar refractivity (Wildman–Crippen MR) is 157 cm³/mol. The molecule has 0 radical (unpaired) electrons. The molecule has 2 aromatic heterocycles. The van der Waals surface area contributed by atoms with Crippen LogP contribution in [0.5, 0.6) is 0 Å². The van der Waals surface area contributed by atoms with Gasteiger partial charge in [-0.1, -0.05) is 18.2 Å². The molecule has 0 aliphatic carbocycles. The molecule has 1 atom stereocenters. The van der Waals surface area contributed by atoms with E-state index in [0.29, 0.717) is 17.0 Å². The van der Waals surface area contributed by atoms with Crippen molar-refractivity contribution >= 4 is 27.8 Å². The summed E-state index contributed by atoms with van der Waals surface area (Å²) in [4.78, 5) is 31.1. The van der Waals surface area contributed by atoms with Gasteiger partial charge in [0.2, 0.25) is 0 Å². The Kier molecular flexibility index (Phi) is 8.40. The van der Waals surface area contributed by atoms with Crippen LogP contribution in [0.4, 0.5) is 0 Å². The molecule has 0 bridgehead atoms. The zero-order valence-corrected chi connectivity index (χ0v) is 24.4. The lowest BCUT2D eigenvalue weighted by molar-refractivity contribution is 0.0951. The fourth-order valence-electron chi connectivity index (χ4n) is 6.24. The lowest BCUT2D eigenvalue weighted by Gasteiger charge is -2.36. The molecule has 2 saturated heterocycles. The smallest absolute Gasteiger partial charge is 0.254 e. The van der Waals surface area contributed by atoms with Crippen molar-refractivity contribution in [1.82, 2.24) is 24.1 Å². The number of nitrogens with one attached hydrogen (secondary N) is 2. The first-order chi connectivity index (χ1) is 18.7. The summed E-state index contributed by atoms with van der Waals surface area (Å²) in [5.41, 5.74) is 4.79. The fourth-order valence-corrected chi connectivity index (χ4v) is 7.84. The fraction of sp³-hybridized carbons (Fsp3) is 0.533. The zero-order valence-electron chi connectivity index (χ0n) is 23.6. The Balaban J connectivity index is 1.28. The predicted octanol–water partition coefficient (Wildman–Crippen LogP) is 3.65. The maximum atomic E-state index is 13.5. The monoisotopic (exact) mass is 551 g/mol. The van der Waals surface area contributed by atoms with Crippen molar-refractivity contribution in [1.29, 1.82) is 0 Å². The molecule has 4 heterocycles. The molecule has 2 aliphatic heterocycles. The standard InChI is InChI=1S/C30H41N5O3S/c1-20-17-21(2)32-29(36)26(20)18-31-30(37)28-22(3)35(27-8-6-5-7-25(27)28)19-23-9-15-34(16-10-23)39(38)24-11-13-33(4)14-12-24/h5-8,17,23-24H,9-16,18-19H2,1-4H3,(H,31,37)(H,32,36). The maximum Gasteiger partial charge on any atom is 0.254 e. The molecule has 2 aliphatic rings. The molecule has 9 heteroatoms. The molecule has 5 rings (SSSR count). The molecule has 0 saturated carbocycles. The third-order valence-corrected chi connectivity index (χ3v) is 10.5. The van der Waals surface area contributed by atoms with Crippen molar-refractivity contribution in [3.8, 4) is 0 Å². The number of carbonyl (C=O) groups excluding carboxylic acids is 1. The second kappa shape index (κ2) is 11.8. The Morgan fingerprint density at radius 2 is 1.74 bits per heavy atom. The van der Waals surface area contributed by atoms with Gasteiger partial charge in [0, 0.05) is 54.0 Å². The molecule has 0 spiro atoms. The van der Waals surface area contributed by atoms with Crippen molar-refractivity contribution in [3.63, 3.8) is 0 Å². The number of H-pyrrole nitrogens is 1. The lowest BCUT2D eigenvalue weighted by Crippen LogP contribution is -2.44. The van der Waals surface area contributed by atoms with Gasteiger partial charge in [0.25, 0.3) is 11.5 Å². The average molecular weight is 552 g/mol. The van der Waals surface area contributed by atoms with Crippen LogP contribution in [-0.4, -0.2) is 67.3 Å². The summed E-state index contributed by atoms with van der Waals surface area (Å²) in [5.74, 6) is 0.306. The number of likely N-dealkylation sites (tertiary alicyclic amines) is 1. The SMILES string of the molecule is Cc1cc(C)c(CNC(=O)c2c(C)n(CC3CCN(S(=O)C4CCN(C)CC4)CC3)c3ccccc23)c(=O)[nH]1. The summed E-state index contributed by atoms with van der Waals surface area (Å²) < 4.78 is 17.7. The Morgan fingerprint density at radius 3 is 2.44 bits per heavy atom. The number of rotatable bonds is 7. The zero-order chi connectivity index (χ0) is 27.7. The van der Waals surface area contributed by atoms with E-state index in [-0.39, 0.29) is 23.3 Å². The third kappa shape index (κ3) is 5.90. The van der Waals surface area contributed by atoms with Crippen molar-refractivity contribution in [3.05, 3.63) is 68.8 Å². The quantitative estimate of drug-likeness (QED) is 0.469. The van der Waals surface area contributed by atoms with Gasteiger partial charge in [-0.3, -0.25) is 9.59 Å². The van der Waals surface area contributed by atoms with Gasteiger partial charge in [-0.05, 0) is 90.2 Å². The number of carbonyl (C=O) groups is 1. The van der Waals surface area contributed by atoms with Crippen LogP contribution in [0.1, 0.15) is 58.6 Å². The van der Waals surface area contributed by atoms with Crippen molar-refractivity contribution in [2.24, 2.45) is 5.92 Å². The molecule has 210 valence electrons. The number of para-hydroxylation sites is 1. The number of hydrogen-bond donors (Lipinski definition) is 2. The van der Waals surface area contributed by atoms with Gasteiger partial charge in [-0.2, -0.15) is 0 Å². The number of hydrogen-bond acceptors (Lipinski definition) is 4. The van der Waals surface area contributed by atoms with Crippen molar-refractivity contribution in [2.75, 3.05) is 33.2 Å². The van der Waals surface area contributed by atoms with Crippen LogP contribution < -0.4 is 10.9 Å². The largest absolute Gasteiger partial charge is 0.348 e. The molecule has 8 nitrogen and oxygen atoms in total. The topological polar surface area (TPSA) is 90.4 Å². The maximum absolute atomic E-state index is 13.5. The van der Waals surface area contributed by atoms with Crippen LogP contribution in [0.25, 0.3) is 10.9 Å². The number of aromatic nitrogens is 2. The summed E-state index contributed by atoms with van der Waals surface area (Å²) in [7, 11) is 1.24. The molecule has 3 aromatic rings. The van der Waals surface area contributed by atoms with E-state index in [0.717, 1.165) is 86.3 Å². The van der Waals surface area contributed by atoms with Gasteiger partial charge >= 0.3 is 0 Å². The minimum atomic E-state index is -0.899. The number of pyridine rings is 1. The lowest BCUT2D eigenvalue weighted by atomic mass is 9.98. The van der Waals surface area contributed by atoms with Gasteiger partial charge in [0.1, 0.15) is 0 Å². The number of fused-ring (bicyclic) bond motifs is 1. The Hall–Kier alpha value is -2.75. The first kappa shape index (κ1) is 27.8. The second-order valence-corrected chi connectivity index (χ2v) is 13.1. The third-order valence-electron chi connectivity index (χ3n) is 8.60. The summed E-state index contributed by atoms with van der Waals surface area (Å²) in [5, 5.41) is 4.22. The summed E-state index contributed by atoms with van der Waals surface area (Å²) in [6.45, 7) is 10.6. The molecular formula is C30H41N5O3S. The van der Waals surface area contributed by atoms with Crippen LogP contribution in [0.2, 0.25) is 0 Å². The normalized spacial score (nSPS) is 19.0. The summed E-state index contributed by atoms with van der Waals surface area (Å²) in [6, 6.07) is 9.99. The number of benzene rings is 1. The highest BCUT2D eigenvalue weighted by atomic mass is 32.2. The Bertz CT molecular complexity index is 1430. The van der Waals surface area contributed by atoms with Crippen LogP contribution >= 0.6 is 0 Å². The first-order valence-electron chi connectivity index (χ1n) is 14.1. The molecule has 1 amide bonds. The summed E-state index contributed by atoms with van der Waals surface area (Å²) >= 11 is 0. The van der Waals surface area contributed by atoms with Crippen LogP contribution in [0.3, 0.4) is 0 Å². The van der Waals surface area contributed by atoms with Gasteiger partial charge in [0.05, 0.1) is 21.8 Å². The molecular weight excluding hydrogens is 510 g/mol. The van der Waals surface area contributed by atoms with E-state index in [2.05, 4.69) is 37.2 Å². The minimum Gasteiger partial charge on any atom is -0.348 e. The number of amides is 1. The molecule has 1 aromatic carbocycles. The second-order valence-electron chi connectivity index (χ2n) is 11.4. The Labute approximate surface area is 233 Å². The molecule has 1 unspecified atom stereocenters. The molecule has 2 fully saturated rings. The Morgan fingerprint density at radius 1 is 1.05 bits per heavy atom. The van der Waals surface area contributed by atoms with Crippen molar-refractivity contribution < 1.29 is 9.00 Å². The number of nitrogens with zero attached hydrogens (tertiary/aromatic N) is 3. The number of aromatic amines is 1. The van der Waals surface area contributed by atoms with Crippen LogP contribution in [0, 0.1) is 26.7 Å². The van der Waals surface area contributed by atoms with Gasteiger partial charge < -0.3 is 19.8 Å². The average Bonchev–Trinajstić information content (AvgIpc) is 3.19. The van der Waals surface area contributed by atoms with Crippen LogP contribution in [0.15, 0.2) is 35.1 Å². The van der Waals surface area contributed by atoms with E-state index < -0.39 is 11.0 Å². The van der Waals surface area contributed by atoms with E-state index in [1.807, 2.05) is 45.0 Å². The van der Waals surface area contributed by atoms with E-state index >= 15 is 0 Å². The highest BCUT2D eigenvalue weighted by Crippen LogP contribution is 2.30. The number of aryl methyl sites for hydroxylation is 2. The van der Waals surface area contributed by atoms with Crippen molar-refractivity contribution in [2.45, 2.75) is 64.8 Å². The van der Waals surface area contributed by atoms with E-state index in [1.54, 1.807) is 0 Å². The summed E-state index contributed by atoms with van der Waals surface area (Å²) in [6.07, 6.45) is 4.03. The van der Waals surface area contributed by atoms with Gasteiger partial charge in [0.15, 0.2) is 0 Å². The minimum absolute atomic E-state index is 0.157. The molecule has 39 heavy (non-hydrogen) atoms. The van der Waals surface area contributed by atoms with E-state index in [9.17, 15) is 13.8 Å².